The molecule has 2 heterocycles. The number of hydrogen-bond donors (Lipinski definition) is 9. The van der Waals surface area contributed by atoms with Gasteiger partial charge < -0.3 is 64.9 Å². The Hall–Kier alpha value is -3.05. The molecule has 226 valence electrons. The average Bonchev–Trinajstić information content (AvgIpc) is 2.93. The Labute approximate surface area is 234 Å². The van der Waals surface area contributed by atoms with E-state index in [4.69, 9.17) is 18.9 Å². The molecule has 10 atom stereocenters. The molecule has 0 amide bonds. The molecule has 0 aromatic heterocycles. The molecule has 0 radical (unpaired) electrons. The summed E-state index contributed by atoms with van der Waals surface area (Å²) in [5, 5.41) is 91.5. The van der Waals surface area contributed by atoms with Crippen LogP contribution in [-0.4, -0.2) is 120 Å². The highest BCUT2D eigenvalue weighted by molar-refractivity contribution is 6.01. The van der Waals surface area contributed by atoms with E-state index in [1.165, 1.54) is 19.1 Å². The standard InChI is InChI=1S/C27H34O14/c1-11-20(33)22(35)24(37)26(38-11)41-25-23(36)21(34)18(10-28)40-27(25)39-14-8-16(31)19(17(32)9-14)15(30)7-4-12-2-5-13(29)6-3-12/h2-3,5-6,8-9,11,18,20-29,31-37H,4,7,10H2,1H3/t11-,18-,20-,21+,22+,23+,24+,25-,26+,27+/m1/s1. The molecule has 0 unspecified atom stereocenters. The molecule has 0 spiro atoms. The minimum absolute atomic E-state index is 0.0706. The lowest BCUT2D eigenvalue weighted by atomic mass is 9.97. The Morgan fingerprint density at radius 2 is 1.46 bits per heavy atom. The van der Waals surface area contributed by atoms with E-state index in [2.05, 4.69) is 0 Å². The van der Waals surface area contributed by atoms with Gasteiger partial charge in [-0.2, -0.15) is 0 Å². The van der Waals surface area contributed by atoms with E-state index in [9.17, 15) is 50.8 Å². The molecule has 0 bridgehead atoms. The number of carbonyl (C=O) groups excluding carboxylic acids is 1. The Bertz CT molecular complexity index is 1170. The number of hydrogen-bond acceptors (Lipinski definition) is 14. The summed E-state index contributed by atoms with van der Waals surface area (Å²) >= 11 is 0. The fraction of sp³-hybridized carbons (Fsp3) is 0.519. The van der Waals surface area contributed by atoms with E-state index >= 15 is 0 Å². The van der Waals surface area contributed by atoms with Crippen LogP contribution >= 0.6 is 0 Å². The number of aryl methyl sites for hydroxylation is 1. The number of ether oxygens (including phenoxy) is 4. The Morgan fingerprint density at radius 3 is 2.07 bits per heavy atom. The highest BCUT2D eigenvalue weighted by atomic mass is 16.8. The number of ketones is 1. The monoisotopic (exact) mass is 582 g/mol. The molecular formula is C27H34O14. The highest BCUT2D eigenvalue weighted by Crippen LogP contribution is 2.36. The molecule has 41 heavy (non-hydrogen) atoms. The van der Waals surface area contributed by atoms with Gasteiger partial charge in [-0.25, -0.2) is 0 Å². The number of aliphatic hydroxyl groups is 6. The van der Waals surface area contributed by atoms with Gasteiger partial charge in [0.2, 0.25) is 6.29 Å². The second-order valence-corrected chi connectivity index (χ2v) is 10.0. The first-order valence-corrected chi connectivity index (χ1v) is 12.9. The van der Waals surface area contributed by atoms with Crippen LogP contribution in [0.2, 0.25) is 0 Å². The van der Waals surface area contributed by atoms with Crippen molar-refractivity contribution in [1.82, 2.24) is 0 Å². The molecule has 2 aromatic carbocycles. The normalized spacial score (nSPS) is 33.8. The van der Waals surface area contributed by atoms with E-state index in [0.29, 0.717) is 0 Å². The quantitative estimate of drug-likeness (QED) is 0.156. The minimum atomic E-state index is -1.77. The summed E-state index contributed by atoms with van der Waals surface area (Å²) in [4.78, 5) is 12.7. The van der Waals surface area contributed by atoms with Crippen LogP contribution in [0.4, 0.5) is 0 Å². The van der Waals surface area contributed by atoms with Crippen molar-refractivity contribution in [2.45, 2.75) is 81.2 Å². The van der Waals surface area contributed by atoms with E-state index in [-0.39, 0.29) is 29.9 Å². The number of aliphatic hydroxyl groups excluding tert-OH is 6. The van der Waals surface area contributed by atoms with Gasteiger partial charge in [0.15, 0.2) is 18.2 Å². The number of rotatable bonds is 9. The van der Waals surface area contributed by atoms with Crippen LogP contribution in [0.3, 0.4) is 0 Å². The largest absolute Gasteiger partial charge is 0.508 e. The summed E-state index contributed by atoms with van der Waals surface area (Å²) < 4.78 is 22.2. The first-order chi connectivity index (χ1) is 19.4. The number of Topliss-reactive ketones (excluding diaryl/α,β-unsaturated/α-hetero) is 1. The van der Waals surface area contributed by atoms with Crippen molar-refractivity contribution < 1.29 is 69.7 Å². The zero-order valence-electron chi connectivity index (χ0n) is 21.9. The molecular weight excluding hydrogens is 548 g/mol. The zero-order chi connectivity index (χ0) is 30.0. The summed E-state index contributed by atoms with van der Waals surface area (Å²) in [5.41, 5.74) is 0.385. The van der Waals surface area contributed by atoms with Crippen molar-refractivity contribution in [3.05, 3.63) is 47.5 Å². The summed E-state index contributed by atoms with van der Waals surface area (Å²) in [6.07, 6.45) is -15.3. The number of benzene rings is 2. The van der Waals surface area contributed by atoms with Gasteiger partial charge >= 0.3 is 0 Å². The number of phenols is 3. The van der Waals surface area contributed by atoms with Gasteiger partial charge in [0.25, 0.3) is 0 Å². The summed E-state index contributed by atoms with van der Waals surface area (Å²) in [6.45, 7) is 0.675. The van der Waals surface area contributed by atoms with E-state index < -0.39 is 85.3 Å². The Morgan fingerprint density at radius 1 is 0.829 bits per heavy atom. The van der Waals surface area contributed by atoms with Crippen LogP contribution in [0.25, 0.3) is 0 Å². The molecule has 14 heteroatoms. The second-order valence-electron chi connectivity index (χ2n) is 10.0. The van der Waals surface area contributed by atoms with E-state index in [1.54, 1.807) is 12.1 Å². The lowest BCUT2D eigenvalue weighted by Gasteiger charge is -2.45. The maximum Gasteiger partial charge on any atom is 0.229 e. The first kappa shape index (κ1) is 30.9. The van der Waals surface area contributed by atoms with E-state index in [0.717, 1.165) is 17.7 Å². The topological polar surface area (TPSA) is 236 Å². The second kappa shape index (κ2) is 12.9. The van der Waals surface area contributed by atoms with Crippen molar-refractivity contribution in [2.24, 2.45) is 0 Å². The summed E-state index contributed by atoms with van der Waals surface area (Å²) in [6, 6.07) is 8.22. The summed E-state index contributed by atoms with van der Waals surface area (Å²) in [7, 11) is 0. The van der Waals surface area contributed by atoms with Gasteiger partial charge in [0, 0.05) is 18.6 Å². The van der Waals surface area contributed by atoms with Gasteiger partial charge in [0.1, 0.15) is 65.2 Å². The van der Waals surface area contributed by atoms with Crippen molar-refractivity contribution in [1.29, 1.82) is 0 Å². The van der Waals surface area contributed by atoms with Crippen molar-refractivity contribution in [3.8, 4) is 23.0 Å². The highest BCUT2D eigenvalue weighted by Gasteiger charge is 2.51. The third-order valence-corrected chi connectivity index (χ3v) is 7.10. The van der Waals surface area contributed by atoms with Gasteiger partial charge in [-0.05, 0) is 31.0 Å². The van der Waals surface area contributed by atoms with Crippen molar-refractivity contribution >= 4 is 5.78 Å². The predicted molar refractivity (Wildman–Crippen MR) is 136 cm³/mol. The van der Waals surface area contributed by atoms with Crippen LogP contribution in [0.15, 0.2) is 36.4 Å². The number of phenolic OH excluding ortho intramolecular Hbond substituents is 3. The fourth-order valence-corrected chi connectivity index (χ4v) is 4.70. The maximum atomic E-state index is 12.7. The van der Waals surface area contributed by atoms with Crippen LogP contribution in [0.1, 0.15) is 29.3 Å². The SMILES string of the molecule is C[C@H]1O[C@@H](O[C@H]2[C@@H](Oc3cc(O)c(C(=O)CCc4ccc(O)cc4)c(O)c3)O[C@H](CO)[C@H](O)[C@@H]2O)[C@@H](O)[C@@H](O)[C@@H]1O. The summed E-state index contributed by atoms with van der Waals surface area (Å²) in [5.74, 6) is -2.00. The predicted octanol–water partition coefficient (Wildman–Crippen LogP) is -1.35. The molecule has 2 saturated heterocycles. The average molecular weight is 583 g/mol. The molecule has 0 aliphatic carbocycles. The maximum absolute atomic E-state index is 12.7. The fourth-order valence-electron chi connectivity index (χ4n) is 4.70. The molecule has 2 aliphatic rings. The van der Waals surface area contributed by atoms with Gasteiger partial charge in [-0.15, -0.1) is 0 Å². The van der Waals surface area contributed by atoms with Gasteiger partial charge in [-0.3, -0.25) is 4.79 Å². The number of carbonyl (C=O) groups is 1. The van der Waals surface area contributed by atoms with Crippen LogP contribution in [0.5, 0.6) is 23.0 Å². The number of aromatic hydroxyl groups is 3. The molecule has 9 N–H and O–H groups in total. The van der Waals surface area contributed by atoms with Crippen LogP contribution in [0, 0.1) is 0 Å². The van der Waals surface area contributed by atoms with Crippen LogP contribution in [-0.2, 0) is 20.6 Å². The minimum Gasteiger partial charge on any atom is -0.508 e. The lowest BCUT2D eigenvalue weighted by Crippen LogP contribution is -2.64. The molecule has 14 nitrogen and oxygen atoms in total. The molecule has 0 saturated carbocycles. The third kappa shape index (κ3) is 6.72. The van der Waals surface area contributed by atoms with Crippen molar-refractivity contribution in [3.63, 3.8) is 0 Å². The zero-order valence-corrected chi connectivity index (χ0v) is 21.9. The van der Waals surface area contributed by atoms with Gasteiger partial charge in [0.05, 0.1) is 12.7 Å². The first-order valence-electron chi connectivity index (χ1n) is 12.9. The van der Waals surface area contributed by atoms with Gasteiger partial charge in [-0.1, -0.05) is 12.1 Å². The van der Waals surface area contributed by atoms with E-state index in [1.807, 2.05) is 0 Å². The smallest absolute Gasteiger partial charge is 0.229 e. The van der Waals surface area contributed by atoms with Crippen LogP contribution < -0.4 is 4.74 Å². The lowest BCUT2D eigenvalue weighted by molar-refractivity contribution is -0.354. The molecule has 2 aromatic rings. The Balaban J connectivity index is 1.52. The molecule has 2 fully saturated rings. The Kier molecular flexibility index (Phi) is 9.69. The molecule has 4 rings (SSSR count). The third-order valence-electron chi connectivity index (χ3n) is 7.10. The molecule has 2 aliphatic heterocycles. The van der Waals surface area contributed by atoms with Crippen molar-refractivity contribution in [2.75, 3.05) is 6.61 Å².